The zero-order chi connectivity index (χ0) is 16.7. The van der Waals surface area contributed by atoms with Crippen LogP contribution in [0, 0.1) is 0 Å². The predicted octanol–water partition coefficient (Wildman–Crippen LogP) is 3.75. The van der Waals surface area contributed by atoms with Gasteiger partial charge in [0, 0.05) is 41.0 Å². The van der Waals surface area contributed by atoms with Gasteiger partial charge in [-0.1, -0.05) is 18.2 Å². The van der Waals surface area contributed by atoms with E-state index in [9.17, 15) is 4.79 Å². The molecule has 24 heavy (non-hydrogen) atoms. The van der Waals surface area contributed by atoms with Crippen LogP contribution in [0.1, 0.15) is 18.4 Å². The molecule has 1 aromatic carbocycles. The van der Waals surface area contributed by atoms with Crippen molar-refractivity contribution >= 4 is 23.7 Å². The van der Waals surface area contributed by atoms with Gasteiger partial charge in [-0.05, 0) is 37.1 Å². The van der Waals surface area contributed by atoms with Crippen molar-refractivity contribution in [2.24, 2.45) is 0 Å². The first-order valence-electron chi connectivity index (χ1n) is 8.06. The van der Waals surface area contributed by atoms with Crippen LogP contribution in [0.5, 0.6) is 0 Å². The van der Waals surface area contributed by atoms with E-state index in [-0.39, 0.29) is 10.7 Å². The Morgan fingerprint density at radius 3 is 2.71 bits per heavy atom. The van der Waals surface area contributed by atoms with E-state index in [0.717, 1.165) is 31.6 Å². The number of carbonyl (C=O) groups excluding carboxylic acids is 1. The molecule has 4 nitrogen and oxygen atoms in total. The first-order valence-corrected chi connectivity index (χ1v) is 8.87. The fourth-order valence-corrected chi connectivity index (χ4v) is 3.95. The highest BCUT2D eigenvalue weighted by Gasteiger charge is 2.34. The number of amides is 1. The van der Waals surface area contributed by atoms with E-state index in [1.165, 1.54) is 4.90 Å². The monoisotopic (exact) mass is 343 g/mol. The topological polar surface area (TPSA) is 51.5 Å². The molecule has 2 aromatic rings. The van der Waals surface area contributed by atoms with Crippen LogP contribution >= 0.6 is 11.8 Å². The third-order valence-corrected chi connectivity index (χ3v) is 5.53. The van der Waals surface area contributed by atoms with Crippen molar-refractivity contribution in [1.29, 1.82) is 0 Å². The Kier molecular flexibility index (Phi) is 5.77. The van der Waals surface area contributed by atoms with Crippen molar-refractivity contribution in [2.45, 2.75) is 22.5 Å². The maximum atomic E-state index is 12.1. The third kappa shape index (κ3) is 4.76. The van der Waals surface area contributed by atoms with Gasteiger partial charge in [-0.3, -0.25) is 4.79 Å². The maximum absolute atomic E-state index is 12.1. The van der Waals surface area contributed by atoms with E-state index in [1.807, 2.05) is 36.0 Å². The molecule has 126 valence electrons. The van der Waals surface area contributed by atoms with E-state index in [2.05, 4.69) is 17.4 Å². The highest BCUT2D eigenvalue weighted by Crippen LogP contribution is 2.40. The van der Waals surface area contributed by atoms with Crippen LogP contribution < -0.4 is 5.32 Å². The Hall–Kier alpha value is -1.98. The van der Waals surface area contributed by atoms with Crippen LogP contribution in [0.2, 0.25) is 0 Å². The summed E-state index contributed by atoms with van der Waals surface area (Å²) < 4.78 is 10.5. The molecule has 5 heteroatoms. The zero-order valence-electron chi connectivity index (χ0n) is 13.4. The first kappa shape index (κ1) is 16.9. The molecule has 0 spiro atoms. The summed E-state index contributed by atoms with van der Waals surface area (Å²) in [5, 5.41) is 3.04. The normalized spacial score (nSPS) is 17.0. The average Bonchev–Trinajstić information content (AvgIpc) is 3.14. The molecule has 0 saturated carbocycles. The lowest BCUT2D eigenvalue weighted by molar-refractivity contribution is -0.116. The second kappa shape index (κ2) is 8.22. The van der Waals surface area contributed by atoms with Crippen molar-refractivity contribution in [3.05, 3.63) is 60.6 Å². The highest BCUT2D eigenvalue weighted by atomic mass is 32.2. The van der Waals surface area contributed by atoms with Gasteiger partial charge in [0.15, 0.2) is 0 Å². The molecule has 0 atom stereocenters. The van der Waals surface area contributed by atoms with Crippen LogP contribution in [-0.2, 0) is 9.53 Å². The van der Waals surface area contributed by atoms with Crippen molar-refractivity contribution in [2.75, 3.05) is 19.8 Å². The van der Waals surface area contributed by atoms with Crippen molar-refractivity contribution < 1.29 is 13.9 Å². The summed E-state index contributed by atoms with van der Waals surface area (Å²) in [5.74, 6) is -0.0873. The fourth-order valence-electron chi connectivity index (χ4n) is 2.65. The summed E-state index contributed by atoms with van der Waals surface area (Å²) in [6.45, 7) is 2.10. The SMILES string of the molecule is O=C(/C=C/c1ccoc1)NCC1(Sc2ccccc2)CCOCC1. The van der Waals surface area contributed by atoms with Crippen LogP contribution in [0.4, 0.5) is 0 Å². The number of hydrogen-bond acceptors (Lipinski definition) is 4. The molecular weight excluding hydrogens is 322 g/mol. The quantitative estimate of drug-likeness (QED) is 0.812. The number of benzene rings is 1. The van der Waals surface area contributed by atoms with Crippen molar-refractivity contribution in [3.8, 4) is 0 Å². The van der Waals surface area contributed by atoms with Crippen LogP contribution in [0.3, 0.4) is 0 Å². The molecule has 0 unspecified atom stereocenters. The van der Waals surface area contributed by atoms with Crippen molar-refractivity contribution in [3.63, 3.8) is 0 Å². The smallest absolute Gasteiger partial charge is 0.244 e. The first-order chi connectivity index (χ1) is 11.8. The Morgan fingerprint density at radius 2 is 2.00 bits per heavy atom. The zero-order valence-corrected chi connectivity index (χ0v) is 14.3. The molecule has 2 heterocycles. The van der Waals surface area contributed by atoms with Gasteiger partial charge in [0.2, 0.25) is 5.91 Å². The molecule has 3 rings (SSSR count). The second-order valence-electron chi connectivity index (χ2n) is 5.82. The number of thioether (sulfide) groups is 1. The van der Waals surface area contributed by atoms with E-state index in [0.29, 0.717) is 6.54 Å². The third-order valence-electron chi connectivity index (χ3n) is 4.04. The number of nitrogens with one attached hydrogen (secondary N) is 1. The Labute approximate surface area is 146 Å². The lowest BCUT2D eigenvalue weighted by atomic mass is 9.99. The van der Waals surface area contributed by atoms with Crippen LogP contribution in [-0.4, -0.2) is 30.4 Å². The minimum absolute atomic E-state index is 0.0151. The molecule has 1 amide bonds. The average molecular weight is 343 g/mol. The molecule has 1 N–H and O–H groups in total. The van der Waals surface area contributed by atoms with E-state index in [4.69, 9.17) is 9.15 Å². The summed E-state index contributed by atoms with van der Waals surface area (Å²) in [7, 11) is 0. The Morgan fingerprint density at radius 1 is 1.21 bits per heavy atom. The Bertz CT molecular complexity index is 661. The summed E-state index contributed by atoms with van der Waals surface area (Å²) in [4.78, 5) is 13.3. The van der Waals surface area contributed by atoms with Gasteiger partial charge in [-0.15, -0.1) is 11.8 Å². The number of ether oxygens (including phenoxy) is 1. The summed E-state index contributed by atoms with van der Waals surface area (Å²) in [6, 6.07) is 12.1. The van der Waals surface area contributed by atoms with Crippen LogP contribution in [0.15, 0.2) is 64.3 Å². The molecule has 1 aliphatic rings. The minimum Gasteiger partial charge on any atom is -0.472 e. The van der Waals surface area contributed by atoms with Gasteiger partial charge >= 0.3 is 0 Å². The summed E-state index contributed by atoms with van der Waals surface area (Å²) in [6.07, 6.45) is 8.35. The molecule has 0 radical (unpaired) electrons. The number of hydrogen-bond donors (Lipinski definition) is 1. The largest absolute Gasteiger partial charge is 0.472 e. The van der Waals surface area contributed by atoms with Gasteiger partial charge in [0.05, 0.1) is 12.5 Å². The Balaban J connectivity index is 1.60. The lowest BCUT2D eigenvalue weighted by Crippen LogP contribution is -2.44. The highest BCUT2D eigenvalue weighted by molar-refractivity contribution is 8.00. The number of carbonyl (C=O) groups is 1. The molecule has 0 bridgehead atoms. The maximum Gasteiger partial charge on any atom is 0.244 e. The molecule has 1 aliphatic heterocycles. The van der Waals surface area contributed by atoms with Crippen molar-refractivity contribution in [1.82, 2.24) is 5.32 Å². The standard InChI is InChI=1S/C19H21NO3S/c21-18(7-6-16-8-11-23-14-16)20-15-19(9-12-22-13-10-19)24-17-4-2-1-3-5-17/h1-8,11,14H,9-10,12-13,15H2,(H,20,21)/b7-6+. The van der Waals surface area contributed by atoms with Gasteiger partial charge in [0.25, 0.3) is 0 Å². The van der Waals surface area contributed by atoms with Gasteiger partial charge in [-0.2, -0.15) is 0 Å². The summed E-state index contributed by atoms with van der Waals surface area (Å²) >= 11 is 1.84. The van der Waals surface area contributed by atoms with Gasteiger partial charge < -0.3 is 14.5 Å². The number of rotatable bonds is 6. The fraction of sp³-hybridized carbons (Fsp3) is 0.316. The lowest BCUT2D eigenvalue weighted by Gasteiger charge is -2.36. The predicted molar refractivity (Wildman–Crippen MR) is 95.8 cm³/mol. The molecular formula is C19H21NO3S. The van der Waals surface area contributed by atoms with E-state index < -0.39 is 0 Å². The molecule has 1 aromatic heterocycles. The van der Waals surface area contributed by atoms with Gasteiger partial charge in [0.1, 0.15) is 0 Å². The van der Waals surface area contributed by atoms with Crippen LogP contribution in [0.25, 0.3) is 6.08 Å². The molecule has 0 aliphatic carbocycles. The molecule has 1 saturated heterocycles. The summed E-state index contributed by atoms with van der Waals surface area (Å²) in [5.41, 5.74) is 0.879. The van der Waals surface area contributed by atoms with E-state index >= 15 is 0 Å². The molecule has 1 fully saturated rings. The van der Waals surface area contributed by atoms with Gasteiger partial charge in [-0.25, -0.2) is 0 Å². The number of furan rings is 1. The second-order valence-corrected chi connectivity index (χ2v) is 7.36. The minimum atomic E-state index is -0.0873. The van der Waals surface area contributed by atoms with E-state index in [1.54, 1.807) is 24.7 Å².